The Balaban J connectivity index is 2.17. The van der Waals surface area contributed by atoms with E-state index in [0.29, 0.717) is 18.7 Å². The Labute approximate surface area is 139 Å². The van der Waals surface area contributed by atoms with Crippen LogP contribution in [0.15, 0.2) is 29.2 Å². The molecule has 0 saturated carbocycles. The second kappa shape index (κ2) is 7.93. The molecule has 23 heavy (non-hydrogen) atoms. The van der Waals surface area contributed by atoms with E-state index < -0.39 is 10.0 Å². The molecule has 5 nitrogen and oxygen atoms in total. The molecule has 1 unspecified atom stereocenters. The minimum atomic E-state index is -3.50. The molecule has 1 N–H and O–H groups in total. The molecule has 1 aliphatic rings. The zero-order valence-corrected chi connectivity index (χ0v) is 14.7. The van der Waals surface area contributed by atoms with Gasteiger partial charge in [0, 0.05) is 24.7 Å². The third-order valence-electron chi connectivity index (χ3n) is 4.15. The fourth-order valence-electron chi connectivity index (χ4n) is 2.86. The summed E-state index contributed by atoms with van der Waals surface area (Å²) < 4.78 is 26.9. The molecule has 1 heterocycles. The van der Waals surface area contributed by atoms with Crippen LogP contribution in [-0.4, -0.2) is 37.8 Å². The highest BCUT2D eigenvalue weighted by Crippen LogP contribution is 2.21. The number of carbonyl (C=O) groups is 1. The van der Waals surface area contributed by atoms with E-state index >= 15 is 0 Å². The van der Waals surface area contributed by atoms with Crippen molar-refractivity contribution in [2.45, 2.75) is 56.9 Å². The second-order valence-corrected chi connectivity index (χ2v) is 8.09. The Bertz CT molecular complexity index is 637. The molecule has 1 fully saturated rings. The van der Waals surface area contributed by atoms with E-state index in [1.165, 1.54) is 10.4 Å². The molecule has 0 radical (unpaired) electrons. The van der Waals surface area contributed by atoms with Crippen molar-refractivity contribution < 1.29 is 13.2 Å². The van der Waals surface area contributed by atoms with Gasteiger partial charge >= 0.3 is 0 Å². The maximum atomic E-state index is 12.7. The molecule has 128 valence electrons. The Morgan fingerprint density at radius 1 is 1.26 bits per heavy atom. The summed E-state index contributed by atoms with van der Waals surface area (Å²) in [4.78, 5) is 12.5. The van der Waals surface area contributed by atoms with Crippen LogP contribution in [0.5, 0.6) is 0 Å². The average Bonchev–Trinajstić information content (AvgIpc) is 2.56. The Morgan fingerprint density at radius 2 is 1.96 bits per heavy atom. The maximum Gasteiger partial charge on any atom is 0.251 e. The van der Waals surface area contributed by atoms with Crippen LogP contribution >= 0.6 is 0 Å². The van der Waals surface area contributed by atoms with Crippen molar-refractivity contribution in [2.24, 2.45) is 0 Å². The number of benzene rings is 1. The number of amides is 1. The molecule has 2 rings (SSSR count). The molecule has 6 heteroatoms. The summed E-state index contributed by atoms with van der Waals surface area (Å²) in [6, 6.07) is 6.42. The van der Waals surface area contributed by atoms with Crippen LogP contribution in [0.2, 0.25) is 0 Å². The van der Waals surface area contributed by atoms with E-state index in [-0.39, 0.29) is 16.8 Å². The van der Waals surface area contributed by atoms with Gasteiger partial charge < -0.3 is 5.32 Å². The van der Waals surface area contributed by atoms with Crippen molar-refractivity contribution in [1.29, 1.82) is 0 Å². The van der Waals surface area contributed by atoms with E-state index in [9.17, 15) is 13.2 Å². The lowest BCUT2D eigenvalue weighted by atomic mass is 10.1. The number of hydrogen-bond donors (Lipinski definition) is 1. The summed E-state index contributed by atoms with van der Waals surface area (Å²) in [6.07, 6.45) is 4.76. The monoisotopic (exact) mass is 338 g/mol. The largest absolute Gasteiger partial charge is 0.350 e. The molecule has 0 aromatic heterocycles. The summed E-state index contributed by atoms with van der Waals surface area (Å²) in [7, 11) is -3.50. The molecule has 1 aromatic rings. The minimum absolute atomic E-state index is 0.0786. The molecule has 0 bridgehead atoms. The third-order valence-corrected chi connectivity index (χ3v) is 6.04. The first kappa shape index (κ1) is 17.9. The fraction of sp³-hybridized carbons (Fsp3) is 0.588. The maximum absolute atomic E-state index is 12.7. The van der Waals surface area contributed by atoms with E-state index in [1.807, 2.05) is 6.92 Å². The predicted octanol–water partition coefficient (Wildman–Crippen LogP) is 2.78. The SMILES string of the molecule is CCCC(C)NC(=O)c1cccc(S(=O)(=O)N2CCCCC2)c1. The summed E-state index contributed by atoms with van der Waals surface area (Å²) in [5.74, 6) is -0.221. The smallest absolute Gasteiger partial charge is 0.251 e. The second-order valence-electron chi connectivity index (χ2n) is 6.16. The van der Waals surface area contributed by atoms with Crippen molar-refractivity contribution >= 4 is 15.9 Å². The molecule has 0 spiro atoms. The topological polar surface area (TPSA) is 66.5 Å². The first-order valence-corrected chi connectivity index (χ1v) is 9.80. The summed E-state index contributed by atoms with van der Waals surface area (Å²) in [5.41, 5.74) is 0.394. The van der Waals surface area contributed by atoms with Gasteiger partial charge in [0.2, 0.25) is 10.0 Å². The first-order chi connectivity index (χ1) is 10.9. The van der Waals surface area contributed by atoms with Gasteiger partial charge in [-0.05, 0) is 44.4 Å². The summed E-state index contributed by atoms with van der Waals surface area (Å²) in [6.45, 7) is 5.14. The van der Waals surface area contributed by atoms with E-state index in [2.05, 4.69) is 12.2 Å². The van der Waals surface area contributed by atoms with Crippen LogP contribution in [0.3, 0.4) is 0 Å². The average molecular weight is 338 g/mol. The van der Waals surface area contributed by atoms with E-state index in [4.69, 9.17) is 0 Å². The van der Waals surface area contributed by atoms with Crippen molar-refractivity contribution in [2.75, 3.05) is 13.1 Å². The summed E-state index contributed by atoms with van der Waals surface area (Å²) in [5, 5.41) is 2.91. The Morgan fingerprint density at radius 3 is 2.61 bits per heavy atom. The van der Waals surface area contributed by atoms with Crippen LogP contribution in [0.25, 0.3) is 0 Å². The first-order valence-electron chi connectivity index (χ1n) is 8.36. The van der Waals surface area contributed by atoms with Crippen molar-refractivity contribution in [3.05, 3.63) is 29.8 Å². The highest BCUT2D eigenvalue weighted by Gasteiger charge is 2.26. The summed E-state index contributed by atoms with van der Waals surface area (Å²) >= 11 is 0. The van der Waals surface area contributed by atoms with Gasteiger partial charge in [-0.2, -0.15) is 4.31 Å². The Kier molecular flexibility index (Phi) is 6.18. The molecule has 1 amide bonds. The lowest BCUT2D eigenvalue weighted by Gasteiger charge is -2.26. The van der Waals surface area contributed by atoms with Gasteiger partial charge in [0.15, 0.2) is 0 Å². The number of nitrogens with zero attached hydrogens (tertiary/aromatic N) is 1. The van der Waals surface area contributed by atoms with Gasteiger partial charge in [-0.3, -0.25) is 4.79 Å². The van der Waals surface area contributed by atoms with E-state index in [1.54, 1.807) is 18.2 Å². The van der Waals surface area contributed by atoms with Crippen LogP contribution in [0.4, 0.5) is 0 Å². The minimum Gasteiger partial charge on any atom is -0.350 e. The number of rotatable bonds is 6. The third kappa shape index (κ3) is 4.54. The predicted molar refractivity (Wildman–Crippen MR) is 90.9 cm³/mol. The number of hydrogen-bond acceptors (Lipinski definition) is 3. The lowest BCUT2D eigenvalue weighted by molar-refractivity contribution is 0.0938. The van der Waals surface area contributed by atoms with Gasteiger partial charge in [0.25, 0.3) is 5.91 Å². The normalized spacial score (nSPS) is 17.7. The van der Waals surface area contributed by atoms with Gasteiger partial charge in [-0.1, -0.05) is 25.8 Å². The molecule has 0 aliphatic carbocycles. The molecular weight excluding hydrogens is 312 g/mol. The van der Waals surface area contributed by atoms with Crippen LogP contribution < -0.4 is 5.32 Å². The molecule has 1 atom stereocenters. The number of piperidine rings is 1. The Hall–Kier alpha value is -1.40. The highest BCUT2D eigenvalue weighted by molar-refractivity contribution is 7.89. The van der Waals surface area contributed by atoms with E-state index in [0.717, 1.165) is 32.1 Å². The van der Waals surface area contributed by atoms with Crippen LogP contribution in [0, 0.1) is 0 Å². The zero-order valence-electron chi connectivity index (χ0n) is 13.9. The number of carbonyl (C=O) groups excluding carboxylic acids is 1. The van der Waals surface area contributed by atoms with Crippen LogP contribution in [-0.2, 0) is 10.0 Å². The van der Waals surface area contributed by atoms with Crippen molar-refractivity contribution in [3.63, 3.8) is 0 Å². The molecule has 1 aliphatic heterocycles. The van der Waals surface area contributed by atoms with Gasteiger partial charge in [-0.15, -0.1) is 0 Å². The van der Waals surface area contributed by atoms with Gasteiger partial charge in [0.1, 0.15) is 0 Å². The molecular formula is C17H26N2O3S. The van der Waals surface area contributed by atoms with Crippen molar-refractivity contribution in [3.8, 4) is 0 Å². The lowest BCUT2D eigenvalue weighted by Crippen LogP contribution is -2.36. The quantitative estimate of drug-likeness (QED) is 0.867. The standard InChI is InChI=1S/C17H26N2O3S/c1-3-8-14(2)18-17(20)15-9-7-10-16(13-15)23(21,22)19-11-5-4-6-12-19/h7,9-10,13-14H,3-6,8,11-12H2,1-2H3,(H,18,20). The van der Waals surface area contributed by atoms with Crippen molar-refractivity contribution in [1.82, 2.24) is 9.62 Å². The number of sulfonamides is 1. The van der Waals surface area contributed by atoms with Gasteiger partial charge in [-0.25, -0.2) is 8.42 Å². The molecule has 1 saturated heterocycles. The van der Waals surface area contributed by atoms with Gasteiger partial charge in [0.05, 0.1) is 4.90 Å². The fourth-order valence-corrected chi connectivity index (χ4v) is 4.43. The highest BCUT2D eigenvalue weighted by atomic mass is 32.2. The molecule has 1 aromatic carbocycles. The van der Waals surface area contributed by atoms with Crippen LogP contribution in [0.1, 0.15) is 56.3 Å². The number of nitrogens with one attached hydrogen (secondary N) is 1. The zero-order chi connectivity index (χ0) is 16.9.